The van der Waals surface area contributed by atoms with Crippen molar-refractivity contribution >= 4 is 0 Å². The van der Waals surface area contributed by atoms with Crippen molar-refractivity contribution in [1.29, 1.82) is 0 Å². The Balaban J connectivity index is 2.06. The molecule has 1 saturated carbocycles. The monoisotopic (exact) mass is 225 g/mol. The van der Waals surface area contributed by atoms with Gasteiger partial charge in [0.05, 0.1) is 0 Å². The molecule has 0 atom stereocenters. The highest BCUT2D eigenvalue weighted by Crippen LogP contribution is 2.49. The zero-order valence-electron chi connectivity index (χ0n) is 11.9. The Bertz CT molecular complexity index is 186. The summed E-state index contributed by atoms with van der Waals surface area (Å²) in [5.41, 5.74) is 0.983. The number of unbranched alkanes of at least 4 members (excludes halogenated alkanes) is 4. The SMILES string of the molecule is CCCCCCCC1(CNC(C)(C)C)CC1. The van der Waals surface area contributed by atoms with Crippen molar-refractivity contribution in [2.45, 2.75) is 84.6 Å². The van der Waals surface area contributed by atoms with Gasteiger partial charge in [-0.3, -0.25) is 0 Å². The Morgan fingerprint density at radius 3 is 2.12 bits per heavy atom. The lowest BCUT2D eigenvalue weighted by molar-refractivity contribution is 0.336. The summed E-state index contributed by atoms with van der Waals surface area (Å²) < 4.78 is 0. The van der Waals surface area contributed by atoms with Crippen molar-refractivity contribution in [2.75, 3.05) is 6.54 Å². The van der Waals surface area contributed by atoms with Crippen molar-refractivity contribution in [1.82, 2.24) is 5.32 Å². The smallest absolute Gasteiger partial charge is 0.00967 e. The molecule has 0 aromatic rings. The molecule has 1 aliphatic rings. The zero-order valence-corrected chi connectivity index (χ0v) is 11.9. The van der Waals surface area contributed by atoms with Crippen LogP contribution >= 0.6 is 0 Å². The molecule has 1 aliphatic carbocycles. The third-order valence-electron chi connectivity index (χ3n) is 3.76. The normalized spacial score (nSPS) is 18.8. The maximum Gasteiger partial charge on any atom is 0.00967 e. The largest absolute Gasteiger partial charge is 0.312 e. The van der Waals surface area contributed by atoms with E-state index in [0.29, 0.717) is 5.41 Å². The van der Waals surface area contributed by atoms with Crippen LogP contribution < -0.4 is 5.32 Å². The molecule has 0 aromatic carbocycles. The predicted molar refractivity (Wildman–Crippen MR) is 72.8 cm³/mol. The Hall–Kier alpha value is -0.0400. The van der Waals surface area contributed by atoms with Crippen LogP contribution in [0.4, 0.5) is 0 Å². The predicted octanol–water partition coefficient (Wildman–Crippen LogP) is 4.52. The number of hydrogen-bond acceptors (Lipinski definition) is 1. The molecule has 0 saturated heterocycles. The van der Waals surface area contributed by atoms with E-state index < -0.39 is 0 Å². The zero-order chi connectivity index (χ0) is 12.1. The van der Waals surface area contributed by atoms with Gasteiger partial charge in [0.2, 0.25) is 0 Å². The summed E-state index contributed by atoms with van der Waals surface area (Å²) >= 11 is 0. The molecule has 0 amide bonds. The van der Waals surface area contributed by atoms with Crippen LogP contribution in [0.15, 0.2) is 0 Å². The first-order valence-corrected chi connectivity index (χ1v) is 7.22. The summed E-state index contributed by atoms with van der Waals surface area (Å²) in [6.07, 6.45) is 11.5. The van der Waals surface area contributed by atoms with Crippen LogP contribution in [0.2, 0.25) is 0 Å². The van der Waals surface area contributed by atoms with E-state index in [1.165, 1.54) is 57.9 Å². The van der Waals surface area contributed by atoms with Crippen LogP contribution in [0.25, 0.3) is 0 Å². The molecule has 1 fully saturated rings. The lowest BCUT2D eigenvalue weighted by Crippen LogP contribution is -2.39. The van der Waals surface area contributed by atoms with Gasteiger partial charge in [0.1, 0.15) is 0 Å². The van der Waals surface area contributed by atoms with E-state index in [1.54, 1.807) is 0 Å². The van der Waals surface area contributed by atoms with Crippen LogP contribution in [0.5, 0.6) is 0 Å². The van der Waals surface area contributed by atoms with Gasteiger partial charge in [-0.25, -0.2) is 0 Å². The van der Waals surface area contributed by atoms with E-state index in [1.807, 2.05) is 0 Å². The van der Waals surface area contributed by atoms with E-state index in [4.69, 9.17) is 0 Å². The van der Waals surface area contributed by atoms with E-state index in [2.05, 4.69) is 33.0 Å². The first-order valence-electron chi connectivity index (χ1n) is 7.22. The van der Waals surface area contributed by atoms with Gasteiger partial charge in [-0.15, -0.1) is 0 Å². The summed E-state index contributed by atoms with van der Waals surface area (Å²) in [4.78, 5) is 0. The molecule has 16 heavy (non-hydrogen) atoms. The Morgan fingerprint density at radius 2 is 1.62 bits per heavy atom. The van der Waals surface area contributed by atoms with Crippen molar-refractivity contribution < 1.29 is 0 Å². The minimum Gasteiger partial charge on any atom is -0.312 e. The fourth-order valence-electron chi connectivity index (χ4n) is 2.25. The van der Waals surface area contributed by atoms with Crippen molar-refractivity contribution in [3.63, 3.8) is 0 Å². The average Bonchev–Trinajstić information content (AvgIpc) is 2.95. The van der Waals surface area contributed by atoms with Gasteiger partial charge in [0.25, 0.3) is 0 Å². The second-order valence-electron chi connectivity index (χ2n) is 6.77. The molecule has 96 valence electrons. The molecule has 0 heterocycles. The Kier molecular flexibility index (Phi) is 5.30. The van der Waals surface area contributed by atoms with E-state index in [9.17, 15) is 0 Å². The lowest BCUT2D eigenvalue weighted by atomic mass is 9.96. The number of hydrogen-bond donors (Lipinski definition) is 1. The first-order chi connectivity index (χ1) is 7.47. The van der Waals surface area contributed by atoms with Gasteiger partial charge in [-0.1, -0.05) is 39.0 Å². The third-order valence-corrected chi connectivity index (χ3v) is 3.76. The summed E-state index contributed by atoms with van der Waals surface area (Å²) in [5, 5.41) is 3.68. The van der Waals surface area contributed by atoms with Gasteiger partial charge >= 0.3 is 0 Å². The molecule has 1 N–H and O–H groups in total. The minimum atomic E-state index is 0.289. The molecule has 1 heteroatoms. The molecule has 0 aromatic heterocycles. The average molecular weight is 225 g/mol. The standard InChI is InChI=1S/C15H31N/c1-5-6-7-8-9-10-15(11-12-15)13-16-14(2,3)4/h16H,5-13H2,1-4H3. The summed E-state index contributed by atoms with van der Waals surface area (Å²) in [7, 11) is 0. The van der Waals surface area contributed by atoms with Gasteiger partial charge in [-0.05, 0) is 45.4 Å². The van der Waals surface area contributed by atoms with Crippen LogP contribution in [0.3, 0.4) is 0 Å². The minimum absolute atomic E-state index is 0.289. The Morgan fingerprint density at radius 1 is 1.00 bits per heavy atom. The van der Waals surface area contributed by atoms with E-state index in [0.717, 1.165) is 0 Å². The number of rotatable bonds is 8. The van der Waals surface area contributed by atoms with E-state index >= 15 is 0 Å². The molecule has 1 nitrogen and oxygen atoms in total. The summed E-state index contributed by atoms with van der Waals surface area (Å²) in [6, 6.07) is 0. The molecular weight excluding hydrogens is 194 g/mol. The summed E-state index contributed by atoms with van der Waals surface area (Å²) in [5.74, 6) is 0. The fourth-order valence-corrected chi connectivity index (χ4v) is 2.25. The molecular formula is C15H31N. The maximum absolute atomic E-state index is 3.68. The molecule has 0 unspecified atom stereocenters. The highest BCUT2D eigenvalue weighted by Gasteiger charge is 2.41. The van der Waals surface area contributed by atoms with Crippen molar-refractivity contribution in [3.8, 4) is 0 Å². The molecule has 0 spiro atoms. The van der Waals surface area contributed by atoms with Gasteiger partial charge < -0.3 is 5.32 Å². The maximum atomic E-state index is 3.68. The first kappa shape index (κ1) is 14.0. The van der Waals surface area contributed by atoms with Crippen LogP contribution in [0, 0.1) is 5.41 Å². The topological polar surface area (TPSA) is 12.0 Å². The molecule has 1 rings (SSSR count). The Labute approximate surface area is 102 Å². The highest BCUT2D eigenvalue weighted by molar-refractivity contribution is 4.95. The lowest BCUT2D eigenvalue weighted by Gasteiger charge is -2.25. The number of nitrogens with one attached hydrogen (secondary N) is 1. The highest BCUT2D eigenvalue weighted by atomic mass is 15.0. The van der Waals surface area contributed by atoms with Gasteiger partial charge in [-0.2, -0.15) is 0 Å². The van der Waals surface area contributed by atoms with Crippen LogP contribution in [-0.4, -0.2) is 12.1 Å². The summed E-state index contributed by atoms with van der Waals surface area (Å²) in [6.45, 7) is 10.3. The third kappa shape index (κ3) is 5.89. The second-order valence-corrected chi connectivity index (χ2v) is 6.77. The quantitative estimate of drug-likeness (QED) is 0.599. The van der Waals surface area contributed by atoms with Crippen molar-refractivity contribution in [3.05, 3.63) is 0 Å². The fraction of sp³-hybridized carbons (Fsp3) is 1.00. The van der Waals surface area contributed by atoms with Crippen LogP contribution in [0.1, 0.15) is 79.1 Å². The van der Waals surface area contributed by atoms with Crippen molar-refractivity contribution in [2.24, 2.45) is 5.41 Å². The van der Waals surface area contributed by atoms with Gasteiger partial charge in [0, 0.05) is 12.1 Å². The van der Waals surface area contributed by atoms with Gasteiger partial charge in [0.15, 0.2) is 0 Å². The molecule has 0 radical (unpaired) electrons. The molecule has 0 bridgehead atoms. The van der Waals surface area contributed by atoms with E-state index in [-0.39, 0.29) is 5.54 Å². The molecule has 0 aliphatic heterocycles. The van der Waals surface area contributed by atoms with Crippen LogP contribution in [-0.2, 0) is 0 Å². The second kappa shape index (κ2) is 6.05.